The molecule has 152 valence electrons. The average molecular weight is 435 g/mol. The van der Waals surface area contributed by atoms with Crippen molar-refractivity contribution < 1.29 is 28.6 Å². The van der Waals surface area contributed by atoms with Crippen LogP contribution in [0.15, 0.2) is 48.0 Å². The molecule has 0 saturated heterocycles. The number of aromatic nitrogens is 2. The van der Waals surface area contributed by atoms with E-state index in [9.17, 15) is 19.1 Å². The monoisotopic (exact) mass is 435 g/mol. The van der Waals surface area contributed by atoms with Crippen LogP contribution in [0.3, 0.4) is 0 Å². The SMILES string of the molecule is CC(C)Oc1cc(Oc2ccc(P(=O)(O)O)cc2)cc(C(=O)Nc2nncs2)c1. The summed E-state index contributed by atoms with van der Waals surface area (Å²) in [6, 6.07) is 10.2. The molecule has 0 saturated carbocycles. The first-order valence-electron chi connectivity index (χ1n) is 8.44. The molecular weight excluding hydrogens is 417 g/mol. The Balaban J connectivity index is 1.86. The zero-order valence-corrected chi connectivity index (χ0v) is 17.2. The number of hydrogen-bond acceptors (Lipinski definition) is 7. The van der Waals surface area contributed by atoms with Crippen LogP contribution in [0, 0.1) is 0 Å². The van der Waals surface area contributed by atoms with Gasteiger partial charge in [0.05, 0.1) is 11.4 Å². The number of benzene rings is 2. The van der Waals surface area contributed by atoms with Crippen LogP contribution in [0.4, 0.5) is 5.13 Å². The summed E-state index contributed by atoms with van der Waals surface area (Å²) in [5.41, 5.74) is 1.80. The molecule has 0 fully saturated rings. The number of amides is 1. The van der Waals surface area contributed by atoms with Crippen LogP contribution in [0.2, 0.25) is 0 Å². The molecule has 0 bridgehead atoms. The molecule has 3 N–H and O–H groups in total. The molecule has 11 heteroatoms. The average Bonchev–Trinajstić information content (AvgIpc) is 3.13. The third-order valence-corrected chi connectivity index (χ3v) is 5.08. The third-order valence-electron chi connectivity index (χ3n) is 3.50. The second-order valence-corrected chi connectivity index (χ2v) is 8.64. The molecule has 0 atom stereocenters. The fraction of sp³-hybridized carbons (Fsp3) is 0.167. The van der Waals surface area contributed by atoms with Gasteiger partial charge in [0, 0.05) is 11.6 Å². The largest absolute Gasteiger partial charge is 0.491 e. The lowest BCUT2D eigenvalue weighted by Gasteiger charge is -2.14. The van der Waals surface area contributed by atoms with Crippen molar-refractivity contribution in [3.63, 3.8) is 0 Å². The van der Waals surface area contributed by atoms with Gasteiger partial charge in [-0.05, 0) is 50.2 Å². The number of carbonyl (C=O) groups excluding carboxylic acids is 1. The van der Waals surface area contributed by atoms with Crippen LogP contribution < -0.4 is 20.1 Å². The molecule has 0 unspecified atom stereocenters. The van der Waals surface area contributed by atoms with Gasteiger partial charge < -0.3 is 19.3 Å². The van der Waals surface area contributed by atoms with E-state index >= 15 is 0 Å². The molecule has 0 radical (unpaired) electrons. The number of hydrogen-bond donors (Lipinski definition) is 3. The molecule has 1 aromatic heterocycles. The van der Waals surface area contributed by atoms with E-state index in [1.807, 2.05) is 13.8 Å². The quantitative estimate of drug-likeness (QED) is 0.483. The molecule has 9 nitrogen and oxygen atoms in total. The predicted molar refractivity (Wildman–Crippen MR) is 108 cm³/mol. The van der Waals surface area contributed by atoms with E-state index in [-0.39, 0.29) is 11.4 Å². The van der Waals surface area contributed by atoms with E-state index in [1.54, 1.807) is 12.1 Å². The van der Waals surface area contributed by atoms with Crippen molar-refractivity contribution in [3.05, 3.63) is 53.5 Å². The van der Waals surface area contributed by atoms with Gasteiger partial charge in [-0.25, -0.2) is 0 Å². The maximum Gasteiger partial charge on any atom is 0.356 e. The lowest BCUT2D eigenvalue weighted by molar-refractivity contribution is 0.102. The molecular formula is C18H18N3O6PS. The van der Waals surface area contributed by atoms with Crippen molar-refractivity contribution in [2.75, 3.05) is 5.32 Å². The van der Waals surface area contributed by atoms with E-state index in [4.69, 9.17) is 9.47 Å². The van der Waals surface area contributed by atoms with E-state index in [1.165, 1.54) is 47.2 Å². The number of nitrogens with zero attached hydrogens (tertiary/aromatic N) is 2. The fourth-order valence-corrected chi connectivity index (χ4v) is 3.32. The molecule has 0 aliphatic carbocycles. The predicted octanol–water partition coefficient (Wildman–Crippen LogP) is 3.17. The summed E-state index contributed by atoms with van der Waals surface area (Å²) in [5, 5.41) is 10.3. The molecule has 3 rings (SSSR count). The van der Waals surface area contributed by atoms with Crippen molar-refractivity contribution in [1.82, 2.24) is 10.2 Å². The number of ether oxygens (including phenoxy) is 2. The van der Waals surface area contributed by atoms with Gasteiger partial charge in [-0.2, -0.15) is 0 Å². The van der Waals surface area contributed by atoms with Crippen molar-refractivity contribution in [2.45, 2.75) is 20.0 Å². The molecule has 29 heavy (non-hydrogen) atoms. The number of carbonyl (C=O) groups is 1. The molecule has 0 spiro atoms. The van der Waals surface area contributed by atoms with Gasteiger partial charge in [0.15, 0.2) is 0 Å². The van der Waals surface area contributed by atoms with Crippen LogP contribution in [0.5, 0.6) is 17.2 Å². The van der Waals surface area contributed by atoms with Crippen LogP contribution in [0.1, 0.15) is 24.2 Å². The first-order chi connectivity index (χ1) is 13.7. The molecule has 0 aliphatic heterocycles. The lowest BCUT2D eigenvalue weighted by Crippen LogP contribution is -2.13. The molecule has 1 heterocycles. The van der Waals surface area contributed by atoms with Crippen LogP contribution >= 0.6 is 18.9 Å². The van der Waals surface area contributed by atoms with Gasteiger partial charge in [0.2, 0.25) is 5.13 Å². The summed E-state index contributed by atoms with van der Waals surface area (Å²) in [5.74, 6) is 0.707. The summed E-state index contributed by atoms with van der Waals surface area (Å²) in [7, 11) is -4.33. The minimum atomic E-state index is -4.33. The lowest BCUT2D eigenvalue weighted by atomic mass is 10.2. The van der Waals surface area contributed by atoms with Crippen molar-refractivity contribution in [2.24, 2.45) is 0 Å². The van der Waals surface area contributed by atoms with E-state index in [2.05, 4.69) is 15.5 Å². The van der Waals surface area contributed by atoms with Gasteiger partial charge in [0.1, 0.15) is 22.8 Å². The Morgan fingerprint density at radius 2 is 1.79 bits per heavy atom. The van der Waals surface area contributed by atoms with Crippen LogP contribution in [-0.4, -0.2) is 32.0 Å². The minimum absolute atomic E-state index is 0.112. The van der Waals surface area contributed by atoms with Crippen LogP contribution in [0.25, 0.3) is 0 Å². The summed E-state index contributed by atoms with van der Waals surface area (Å²) >= 11 is 1.19. The first kappa shape index (κ1) is 20.9. The first-order valence-corrected chi connectivity index (χ1v) is 10.9. The molecule has 1 amide bonds. The Labute approximate surface area is 170 Å². The fourth-order valence-electron chi connectivity index (χ4n) is 2.34. The third kappa shape index (κ3) is 5.85. The Bertz CT molecular complexity index is 1030. The number of anilines is 1. The Hall–Kier alpha value is -2.78. The normalized spacial score (nSPS) is 11.3. The van der Waals surface area contributed by atoms with Crippen molar-refractivity contribution in [1.29, 1.82) is 0 Å². The smallest absolute Gasteiger partial charge is 0.356 e. The van der Waals surface area contributed by atoms with E-state index in [0.29, 0.717) is 27.9 Å². The van der Waals surface area contributed by atoms with Crippen LogP contribution in [-0.2, 0) is 4.57 Å². The second-order valence-electron chi connectivity index (χ2n) is 6.20. The highest BCUT2D eigenvalue weighted by atomic mass is 32.1. The highest BCUT2D eigenvalue weighted by molar-refractivity contribution is 7.60. The maximum atomic E-state index is 12.5. The van der Waals surface area contributed by atoms with Gasteiger partial charge in [-0.1, -0.05) is 11.3 Å². The van der Waals surface area contributed by atoms with Crippen molar-refractivity contribution >= 4 is 35.3 Å². The second kappa shape index (κ2) is 8.71. The van der Waals surface area contributed by atoms with Crippen molar-refractivity contribution in [3.8, 4) is 17.2 Å². The molecule has 3 aromatic rings. The molecule has 0 aliphatic rings. The van der Waals surface area contributed by atoms with Gasteiger partial charge >= 0.3 is 7.60 Å². The number of rotatable bonds is 7. The highest BCUT2D eigenvalue weighted by Crippen LogP contribution is 2.34. The Morgan fingerprint density at radius 3 is 2.38 bits per heavy atom. The van der Waals surface area contributed by atoms with E-state index in [0.717, 1.165) is 0 Å². The Kier molecular flexibility index (Phi) is 6.29. The van der Waals surface area contributed by atoms with Gasteiger partial charge in [0.25, 0.3) is 5.91 Å². The summed E-state index contributed by atoms with van der Waals surface area (Å²) < 4.78 is 22.7. The summed E-state index contributed by atoms with van der Waals surface area (Å²) in [6.07, 6.45) is -0.119. The zero-order valence-electron chi connectivity index (χ0n) is 15.5. The highest BCUT2D eigenvalue weighted by Gasteiger charge is 2.17. The van der Waals surface area contributed by atoms with E-state index < -0.39 is 13.5 Å². The van der Waals surface area contributed by atoms with Gasteiger partial charge in [-0.15, -0.1) is 10.2 Å². The summed E-state index contributed by atoms with van der Waals surface area (Å²) in [4.78, 5) is 30.9. The Morgan fingerprint density at radius 1 is 1.10 bits per heavy atom. The summed E-state index contributed by atoms with van der Waals surface area (Å²) in [6.45, 7) is 3.71. The topological polar surface area (TPSA) is 131 Å². The zero-order chi connectivity index (χ0) is 21.0. The number of nitrogens with one attached hydrogen (secondary N) is 1. The maximum absolute atomic E-state index is 12.5. The van der Waals surface area contributed by atoms with Gasteiger partial charge in [-0.3, -0.25) is 14.7 Å². The molecule has 2 aromatic carbocycles. The minimum Gasteiger partial charge on any atom is -0.491 e. The standard InChI is InChI=1S/C18H18N3O6PS/c1-11(2)26-14-7-12(17(22)20-18-21-19-10-29-18)8-15(9-14)27-13-3-5-16(6-4-13)28(23,24)25/h3-11H,1-2H3,(H,20,21,22)(H2,23,24,25).